The number of unbranched alkanes of at least 4 members (excludes halogenated alkanes) is 2. The number of carboxylic acids is 5. The molecule has 0 aromatic carbocycles. The zero-order valence-electron chi connectivity index (χ0n) is 48.9. The number of hydrogen-bond donors (Lipinski definition) is 12. The summed E-state index contributed by atoms with van der Waals surface area (Å²) in [5.41, 5.74) is 11.5. The number of amides is 5. The number of carbonyl (C=O) groups excluding carboxylic acids is 10. The molecule has 14 N–H and O–H groups in total. The van der Waals surface area contributed by atoms with E-state index in [1.165, 1.54) is 4.90 Å². The standard InChI is InChI=1S/C50H90N13O25/c51-31-56-48(84)33(6-2-4-13-54-37(65)10-8-35(50(87)88)63(21-17-60(27-43(75)76)28-44(77)78)22-18-61(29-45(79)80)30-46(81)82)57-38(66)11-14-55-47(83)32(52)5-1-3-12-53-36(64)9-7-34(49(85)86)62(19-15-58(23-39(67)68)24-40(69)70)20-16-59(25-41(71)72)26-42(73)74/h32-35,39-42,49,67,69,71,73,85H,1-31,51-52H2,(H,53,64)(H,54,65)(H,55,83)(H,56,84)(H,57,66)(H,75,76)(H,77,78)(H,79,80)(H,81,82)(H,87,88)/q-5/p-5/t32-,33-,34?,35?,39?,40?,41?,42?,49?/m0/s1. The summed E-state index contributed by atoms with van der Waals surface area (Å²) in [5.74, 6) is -11.6. The molecule has 0 aromatic rings. The fourth-order valence-electron chi connectivity index (χ4n) is 8.92. The van der Waals surface area contributed by atoms with Crippen molar-refractivity contribution in [1.82, 2.24) is 56.0 Å². The summed E-state index contributed by atoms with van der Waals surface area (Å²) >= 11 is 0. The van der Waals surface area contributed by atoms with E-state index in [4.69, 9.17) is 11.5 Å². The van der Waals surface area contributed by atoms with Crippen molar-refractivity contribution in [1.29, 1.82) is 0 Å². The number of aliphatic hydroxyl groups excluding tert-OH is 5. The summed E-state index contributed by atoms with van der Waals surface area (Å²) in [7, 11) is 0. The molecule has 9 atom stereocenters. The minimum atomic E-state index is -2.34. The van der Waals surface area contributed by atoms with Gasteiger partial charge in [0.15, 0.2) is 0 Å². The molecular weight excluding hydrogens is 1180 g/mol. The van der Waals surface area contributed by atoms with Crippen LogP contribution in [0.4, 0.5) is 0 Å². The molecule has 5 amide bonds. The van der Waals surface area contributed by atoms with E-state index in [0.717, 1.165) is 24.5 Å². The van der Waals surface area contributed by atoms with Gasteiger partial charge >= 0.3 is 0 Å². The number of nitrogens with one attached hydrogen (secondary N) is 5. The quantitative estimate of drug-likeness (QED) is 0.0199. The van der Waals surface area contributed by atoms with Gasteiger partial charge in [0.05, 0.1) is 42.6 Å². The third-order valence-corrected chi connectivity index (χ3v) is 13.1. The highest BCUT2D eigenvalue weighted by molar-refractivity contribution is 5.88. The highest BCUT2D eigenvalue weighted by atomic mass is 16.5. The summed E-state index contributed by atoms with van der Waals surface area (Å²) in [6, 6.07) is -5.11. The first kappa shape index (κ1) is 82.0. The molecule has 0 aliphatic carbocycles. The van der Waals surface area contributed by atoms with Crippen LogP contribution in [0.1, 0.15) is 70.6 Å². The van der Waals surface area contributed by atoms with Crippen LogP contribution in [-0.2, 0) is 47.9 Å². The molecule has 0 heterocycles. The molecule has 7 unspecified atom stereocenters. The molecule has 0 aliphatic rings. The number of nitrogens with two attached hydrogens (primary N) is 2. The van der Waals surface area contributed by atoms with Crippen LogP contribution in [0.15, 0.2) is 0 Å². The van der Waals surface area contributed by atoms with Crippen molar-refractivity contribution in [3.63, 3.8) is 0 Å². The molecule has 88 heavy (non-hydrogen) atoms. The summed E-state index contributed by atoms with van der Waals surface area (Å²) < 4.78 is 0. The largest absolute Gasteiger partial charge is 0.830 e. The highest BCUT2D eigenvalue weighted by Crippen LogP contribution is 2.13. The minimum absolute atomic E-state index is 0.0000385. The molecule has 38 heteroatoms. The zero-order valence-corrected chi connectivity index (χ0v) is 48.9. The lowest BCUT2D eigenvalue weighted by Crippen LogP contribution is -2.56. The van der Waals surface area contributed by atoms with Crippen LogP contribution in [0.25, 0.3) is 0 Å². The van der Waals surface area contributed by atoms with Gasteiger partial charge in [0.2, 0.25) is 29.5 Å². The molecule has 0 bridgehead atoms. The van der Waals surface area contributed by atoms with Crippen LogP contribution >= 0.6 is 0 Å². The van der Waals surface area contributed by atoms with Crippen LogP contribution < -0.4 is 89.1 Å². The minimum Gasteiger partial charge on any atom is -0.830 e. The molecular formula is C50H85N13O25-10. The first-order valence-corrected chi connectivity index (χ1v) is 28.2. The van der Waals surface area contributed by atoms with E-state index in [1.54, 1.807) is 0 Å². The van der Waals surface area contributed by atoms with Crippen molar-refractivity contribution in [2.24, 2.45) is 11.5 Å². The Morgan fingerprint density at radius 1 is 0.420 bits per heavy atom. The van der Waals surface area contributed by atoms with E-state index in [0.29, 0.717) is 12.8 Å². The topological polar surface area (TPSA) is 634 Å². The van der Waals surface area contributed by atoms with Gasteiger partial charge in [-0.1, -0.05) is 0 Å². The number of rotatable bonds is 55. The Bertz CT molecular complexity index is 1970. The van der Waals surface area contributed by atoms with Gasteiger partial charge in [-0.05, 0) is 82.8 Å². The number of carboxylic acid groups (broad SMARTS) is 5. The van der Waals surface area contributed by atoms with E-state index in [9.17, 15) is 125 Å². The number of carbonyl (C=O) groups is 10. The fraction of sp³-hybridized carbons (Fsp3) is 0.800. The van der Waals surface area contributed by atoms with Crippen LogP contribution in [0, 0.1) is 0 Å². The van der Waals surface area contributed by atoms with Gasteiger partial charge in [-0.25, -0.2) is 0 Å². The van der Waals surface area contributed by atoms with Crippen molar-refractivity contribution >= 4 is 59.4 Å². The van der Waals surface area contributed by atoms with Crippen molar-refractivity contribution in [2.45, 2.75) is 126 Å². The molecule has 510 valence electrons. The maximum atomic E-state index is 12.9. The monoisotopic (exact) mass is 1270 g/mol. The van der Waals surface area contributed by atoms with Gasteiger partial charge in [0.1, 0.15) is 6.04 Å². The maximum Gasteiger partial charge on any atom is 0.243 e. The molecule has 0 fully saturated rings. The molecule has 0 saturated carbocycles. The number of aliphatic hydroxyl groups is 5. The van der Waals surface area contributed by atoms with E-state index >= 15 is 0 Å². The zero-order chi connectivity index (χ0) is 66.9. The van der Waals surface area contributed by atoms with Gasteiger partial charge in [-0.2, -0.15) is 0 Å². The summed E-state index contributed by atoms with van der Waals surface area (Å²) in [5, 5.41) is 176. The summed E-state index contributed by atoms with van der Waals surface area (Å²) in [4.78, 5) is 128. The van der Waals surface area contributed by atoms with E-state index in [1.807, 2.05) is 0 Å². The third kappa shape index (κ3) is 42.0. The first-order valence-electron chi connectivity index (χ1n) is 28.2. The Hall–Kier alpha value is -6.02. The Kier molecular flexibility index (Phi) is 43.8. The average Bonchev–Trinajstić information content (AvgIpc) is 3.57. The average molecular weight is 1270 g/mol. The van der Waals surface area contributed by atoms with E-state index < -0.39 is 206 Å². The van der Waals surface area contributed by atoms with Crippen molar-refractivity contribution in [2.75, 3.05) is 131 Å². The molecule has 38 nitrogen and oxygen atoms in total. The second-order valence-corrected chi connectivity index (χ2v) is 20.4. The molecule has 0 rings (SSSR count). The molecule has 0 aromatic heterocycles. The third-order valence-electron chi connectivity index (χ3n) is 13.1. The Morgan fingerprint density at radius 2 is 0.818 bits per heavy atom. The Balaban J connectivity index is 5.29. The van der Waals surface area contributed by atoms with Crippen LogP contribution in [0.5, 0.6) is 0 Å². The van der Waals surface area contributed by atoms with Crippen LogP contribution in [0.2, 0.25) is 0 Å². The fourth-order valence-corrected chi connectivity index (χ4v) is 8.92. The van der Waals surface area contributed by atoms with Crippen LogP contribution in [0.3, 0.4) is 0 Å². The highest BCUT2D eigenvalue weighted by Gasteiger charge is 2.26. The lowest BCUT2D eigenvalue weighted by molar-refractivity contribution is -0.497. The number of nitrogens with zero attached hydrogens (tertiary/aromatic N) is 6. The Morgan fingerprint density at radius 3 is 1.20 bits per heavy atom. The van der Waals surface area contributed by atoms with Crippen molar-refractivity contribution < 1.29 is 125 Å². The van der Waals surface area contributed by atoms with Crippen molar-refractivity contribution in [3.05, 3.63) is 0 Å². The SMILES string of the molecule is NCNC(=O)[C@H](CCCCNC(=O)CCC(C(=O)[O-])N(CCN(CC(=O)[O-])CC(=O)[O-])CCN(CC(=O)[O-])CC(=O)[O-])NC(=O)CCNC(=O)[C@@H](N)CCCCNC(=O)CCC(C([O-])O)N(CCN(CC([O-])O)CC([O-])O)CCN(CC([O-])O)CC([O-])O. The van der Waals surface area contributed by atoms with Gasteiger partial charge in [0, 0.05) is 156 Å². The lowest BCUT2D eigenvalue weighted by atomic mass is 10.1. The number of hydrogen-bond acceptors (Lipinski definition) is 33. The summed E-state index contributed by atoms with van der Waals surface area (Å²) in [6.07, 6.45) is -11.5. The molecule has 0 saturated heterocycles. The number of aliphatic carboxylic acids is 5. The maximum absolute atomic E-state index is 12.9. The molecule has 0 spiro atoms. The second kappa shape index (κ2) is 47.0. The van der Waals surface area contributed by atoms with Gasteiger partial charge < -0.3 is 139 Å². The van der Waals surface area contributed by atoms with E-state index in [-0.39, 0.29) is 97.4 Å². The lowest BCUT2D eigenvalue weighted by Gasteiger charge is -2.41. The van der Waals surface area contributed by atoms with Crippen molar-refractivity contribution in [3.8, 4) is 0 Å². The molecule has 0 radical (unpaired) electrons. The predicted octanol–water partition coefficient (Wildman–Crippen LogP) is -20.8. The van der Waals surface area contributed by atoms with Gasteiger partial charge in [-0.3, -0.25) is 53.4 Å². The first-order chi connectivity index (χ1) is 41.3. The van der Waals surface area contributed by atoms with Crippen LogP contribution in [-0.4, -0.2) is 301 Å². The van der Waals surface area contributed by atoms with Gasteiger partial charge in [-0.15, -0.1) is 0 Å². The smallest absolute Gasteiger partial charge is 0.243 e. The second-order valence-electron chi connectivity index (χ2n) is 20.4. The predicted molar refractivity (Wildman–Crippen MR) is 278 cm³/mol. The van der Waals surface area contributed by atoms with E-state index in [2.05, 4.69) is 26.6 Å². The normalized spacial score (nSPS) is 14.8. The molecule has 0 aliphatic heterocycles. The van der Waals surface area contributed by atoms with Gasteiger partial charge in [0.25, 0.3) is 0 Å². The Labute approximate surface area is 507 Å². The summed E-state index contributed by atoms with van der Waals surface area (Å²) in [6.45, 7) is -8.89.